The average molecular weight is 308 g/mol. The molecular weight excluding hydrogens is 276 g/mol. The van der Waals surface area contributed by atoms with E-state index in [0.29, 0.717) is 17.9 Å². The molecule has 5 heteroatoms. The van der Waals surface area contributed by atoms with Crippen LogP contribution in [-0.2, 0) is 4.79 Å². The van der Waals surface area contributed by atoms with Gasteiger partial charge in [-0.15, -0.1) is 0 Å². The number of carbonyl (C=O) groups excluding carboxylic acids is 1. The third-order valence-corrected chi connectivity index (χ3v) is 5.59. The zero-order valence-electron chi connectivity index (χ0n) is 14.1. The minimum Gasteiger partial charge on any atom is -0.342 e. The first-order valence-corrected chi connectivity index (χ1v) is 9.08. The van der Waals surface area contributed by atoms with Crippen molar-refractivity contribution in [3.63, 3.8) is 0 Å². The van der Waals surface area contributed by atoms with Crippen LogP contribution >= 0.6 is 0 Å². The molecule has 0 saturated carbocycles. The van der Waals surface area contributed by atoms with E-state index in [2.05, 4.69) is 26.9 Å². The van der Waals surface area contributed by atoms with Gasteiger partial charge < -0.3 is 15.1 Å². The lowest BCUT2D eigenvalue weighted by Crippen LogP contribution is -2.52. The summed E-state index contributed by atoms with van der Waals surface area (Å²) in [6.45, 7) is 12.8. The molecule has 3 aliphatic rings. The highest BCUT2D eigenvalue weighted by Crippen LogP contribution is 2.26. The number of likely N-dealkylation sites (tertiary alicyclic amines) is 1. The topological polar surface area (TPSA) is 38.8 Å². The van der Waals surface area contributed by atoms with Crippen LogP contribution in [0.25, 0.3) is 0 Å². The molecule has 1 atom stereocenters. The third kappa shape index (κ3) is 4.21. The number of piperidine rings is 1. The van der Waals surface area contributed by atoms with Crippen LogP contribution in [0.1, 0.15) is 32.6 Å². The molecule has 0 aromatic rings. The second-order valence-electron chi connectivity index (χ2n) is 7.73. The molecule has 0 bridgehead atoms. The van der Waals surface area contributed by atoms with Crippen LogP contribution in [-0.4, -0.2) is 86.1 Å². The van der Waals surface area contributed by atoms with Gasteiger partial charge in [0.1, 0.15) is 0 Å². The van der Waals surface area contributed by atoms with E-state index in [9.17, 15) is 4.79 Å². The summed E-state index contributed by atoms with van der Waals surface area (Å²) in [6, 6.07) is 0. The van der Waals surface area contributed by atoms with Gasteiger partial charge in [-0.25, -0.2) is 0 Å². The predicted molar refractivity (Wildman–Crippen MR) is 88.9 cm³/mol. The van der Waals surface area contributed by atoms with Gasteiger partial charge >= 0.3 is 0 Å². The minimum atomic E-state index is 0.347. The zero-order valence-corrected chi connectivity index (χ0v) is 14.1. The van der Waals surface area contributed by atoms with Gasteiger partial charge in [0, 0.05) is 52.4 Å². The molecule has 3 heterocycles. The highest BCUT2D eigenvalue weighted by atomic mass is 16.2. The fourth-order valence-corrected chi connectivity index (χ4v) is 4.08. The molecule has 0 spiro atoms. The normalized spacial score (nSPS) is 31.6. The number of nitrogens with zero attached hydrogens (tertiary/aromatic N) is 3. The van der Waals surface area contributed by atoms with Crippen LogP contribution in [0.2, 0.25) is 0 Å². The molecule has 3 rings (SSSR count). The van der Waals surface area contributed by atoms with Gasteiger partial charge in [0.15, 0.2) is 0 Å². The summed E-state index contributed by atoms with van der Waals surface area (Å²) in [6.07, 6.45) is 4.95. The van der Waals surface area contributed by atoms with Gasteiger partial charge in [-0.1, -0.05) is 6.92 Å². The maximum absolute atomic E-state index is 12.3. The first-order valence-electron chi connectivity index (χ1n) is 9.08. The molecule has 1 amide bonds. The summed E-state index contributed by atoms with van der Waals surface area (Å²) in [5, 5.41) is 3.49. The Bertz CT molecular complexity index is 367. The molecule has 0 radical (unpaired) electrons. The molecule has 22 heavy (non-hydrogen) atoms. The molecule has 1 unspecified atom stereocenters. The fourth-order valence-electron chi connectivity index (χ4n) is 4.08. The second-order valence-corrected chi connectivity index (χ2v) is 7.73. The Balaban J connectivity index is 1.39. The number of carbonyl (C=O) groups is 1. The summed E-state index contributed by atoms with van der Waals surface area (Å²) in [5.74, 6) is 0.347. The third-order valence-electron chi connectivity index (χ3n) is 5.59. The van der Waals surface area contributed by atoms with Crippen molar-refractivity contribution >= 4 is 5.91 Å². The standard InChI is InChI=1S/C17H32N4O/c1-17(5-6-18-14-17)15-20-11-9-19(10-12-20)13-16(22)21-7-3-2-4-8-21/h18H,2-15H2,1H3. The Morgan fingerprint density at radius 2 is 1.68 bits per heavy atom. The summed E-state index contributed by atoms with van der Waals surface area (Å²) in [7, 11) is 0. The van der Waals surface area contributed by atoms with Crippen LogP contribution in [0.3, 0.4) is 0 Å². The minimum absolute atomic E-state index is 0.347. The summed E-state index contributed by atoms with van der Waals surface area (Å²) < 4.78 is 0. The number of hydrogen-bond acceptors (Lipinski definition) is 4. The molecule has 0 aromatic heterocycles. The van der Waals surface area contributed by atoms with Crippen molar-refractivity contribution in [2.24, 2.45) is 5.41 Å². The van der Waals surface area contributed by atoms with E-state index >= 15 is 0 Å². The molecule has 0 aliphatic carbocycles. The van der Waals surface area contributed by atoms with Crippen molar-refractivity contribution in [3.8, 4) is 0 Å². The Morgan fingerprint density at radius 3 is 2.32 bits per heavy atom. The van der Waals surface area contributed by atoms with Gasteiger partial charge in [0.2, 0.25) is 5.91 Å². The highest BCUT2D eigenvalue weighted by molar-refractivity contribution is 5.78. The number of hydrogen-bond donors (Lipinski definition) is 1. The van der Waals surface area contributed by atoms with Crippen LogP contribution in [0.5, 0.6) is 0 Å². The van der Waals surface area contributed by atoms with Gasteiger partial charge in [-0.05, 0) is 37.6 Å². The van der Waals surface area contributed by atoms with Gasteiger partial charge in [-0.2, -0.15) is 0 Å². The van der Waals surface area contributed by atoms with Crippen molar-refractivity contribution in [3.05, 3.63) is 0 Å². The molecule has 0 aromatic carbocycles. The van der Waals surface area contributed by atoms with E-state index in [-0.39, 0.29) is 0 Å². The maximum Gasteiger partial charge on any atom is 0.236 e. The Morgan fingerprint density at radius 1 is 1.00 bits per heavy atom. The van der Waals surface area contributed by atoms with Crippen molar-refractivity contribution < 1.29 is 4.79 Å². The average Bonchev–Trinajstić information content (AvgIpc) is 2.96. The molecule has 5 nitrogen and oxygen atoms in total. The van der Waals surface area contributed by atoms with Gasteiger partial charge in [0.05, 0.1) is 6.54 Å². The lowest BCUT2D eigenvalue weighted by Gasteiger charge is -2.39. The quantitative estimate of drug-likeness (QED) is 0.826. The Labute approximate surface area is 135 Å². The van der Waals surface area contributed by atoms with Crippen LogP contribution < -0.4 is 5.32 Å². The lowest BCUT2D eigenvalue weighted by molar-refractivity contribution is -0.133. The monoisotopic (exact) mass is 308 g/mol. The Hall–Kier alpha value is -0.650. The first-order chi connectivity index (χ1) is 10.6. The lowest BCUT2D eigenvalue weighted by atomic mass is 9.89. The summed E-state index contributed by atoms with van der Waals surface area (Å²) in [4.78, 5) is 19.4. The first kappa shape index (κ1) is 16.2. The summed E-state index contributed by atoms with van der Waals surface area (Å²) in [5.41, 5.74) is 0.450. The second kappa shape index (κ2) is 7.28. The number of piperazine rings is 1. The number of rotatable bonds is 4. The molecule has 3 fully saturated rings. The van der Waals surface area contributed by atoms with Crippen molar-refractivity contribution in [1.29, 1.82) is 0 Å². The number of amides is 1. The number of nitrogens with one attached hydrogen (secondary N) is 1. The van der Waals surface area contributed by atoms with Crippen LogP contribution in [0.4, 0.5) is 0 Å². The van der Waals surface area contributed by atoms with Crippen molar-refractivity contribution in [1.82, 2.24) is 20.0 Å². The molecule has 126 valence electrons. The van der Waals surface area contributed by atoms with Crippen LogP contribution in [0, 0.1) is 5.41 Å². The molecule has 3 saturated heterocycles. The van der Waals surface area contributed by atoms with Gasteiger partial charge in [-0.3, -0.25) is 9.69 Å². The van der Waals surface area contributed by atoms with E-state index in [1.165, 1.54) is 38.8 Å². The van der Waals surface area contributed by atoms with E-state index in [1.54, 1.807) is 0 Å². The largest absolute Gasteiger partial charge is 0.342 e. The molecular formula is C17H32N4O. The highest BCUT2D eigenvalue weighted by Gasteiger charge is 2.32. The van der Waals surface area contributed by atoms with Crippen molar-refractivity contribution in [2.45, 2.75) is 32.6 Å². The van der Waals surface area contributed by atoms with Gasteiger partial charge in [0.25, 0.3) is 0 Å². The Kier molecular flexibility index (Phi) is 5.37. The maximum atomic E-state index is 12.3. The molecule has 1 N–H and O–H groups in total. The SMILES string of the molecule is CC1(CN2CCN(CC(=O)N3CCCCC3)CC2)CCNC1. The van der Waals surface area contributed by atoms with E-state index in [0.717, 1.165) is 45.8 Å². The van der Waals surface area contributed by atoms with E-state index in [4.69, 9.17) is 0 Å². The summed E-state index contributed by atoms with van der Waals surface area (Å²) >= 11 is 0. The zero-order chi connectivity index (χ0) is 15.4. The van der Waals surface area contributed by atoms with E-state index in [1.807, 2.05) is 0 Å². The fraction of sp³-hybridized carbons (Fsp3) is 0.941. The predicted octanol–water partition coefficient (Wildman–Crippen LogP) is 0.616. The molecule has 3 aliphatic heterocycles. The van der Waals surface area contributed by atoms with Crippen molar-refractivity contribution in [2.75, 3.05) is 65.4 Å². The van der Waals surface area contributed by atoms with E-state index < -0.39 is 0 Å². The smallest absolute Gasteiger partial charge is 0.236 e. The van der Waals surface area contributed by atoms with Crippen LogP contribution in [0.15, 0.2) is 0 Å².